The van der Waals surface area contributed by atoms with Crippen LogP contribution in [0.25, 0.3) is 0 Å². The zero-order valence-electron chi connectivity index (χ0n) is 12.8. The maximum absolute atomic E-state index is 12.1. The summed E-state index contributed by atoms with van der Waals surface area (Å²) in [6, 6.07) is 9.25. The SMILES string of the molecule is CN(C)c1ccc(C(=O)Oc2ccc([N+](=O)[O-])cc2[N+](=O)[O-])cc1. The highest BCUT2D eigenvalue weighted by molar-refractivity contribution is 5.92. The van der Waals surface area contributed by atoms with E-state index in [1.165, 1.54) is 12.1 Å². The van der Waals surface area contributed by atoms with Crippen LogP contribution in [0.3, 0.4) is 0 Å². The number of nitro benzene ring substituents is 2. The minimum Gasteiger partial charge on any atom is -0.416 e. The van der Waals surface area contributed by atoms with Crippen molar-refractivity contribution in [2.24, 2.45) is 0 Å². The fraction of sp³-hybridized carbons (Fsp3) is 0.133. The average Bonchev–Trinajstić information content (AvgIpc) is 2.54. The first-order valence-corrected chi connectivity index (χ1v) is 6.72. The molecule has 0 spiro atoms. The van der Waals surface area contributed by atoms with E-state index in [0.717, 1.165) is 23.9 Å². The lowest BCUT2D eigenvalue weighted by molar-refractivity contribution is -0.394. The topological polar surface area (TPSA) is 116 Å². The molecule has 0 N–H and O–H groups in total. The first-order chi connectivity index (χ1) is 11.3. The number of esters is 1. The van der Waals surface area contributed by atoms with Crippen molar-refractivity contribution in [3.05, 3.63) is 68.3 Å². The zero-order chi connectivity index (χ0) is 17.9. The van der Waals surface area contributed by atoms with Crippen LogP contribution in [0.2, 0.25) is 0 Å². The third-order valence-corrected chi connectivity index (χ3v) is 3.17. The van der Waals surface area contributed by atoms with Crippen LogP contribution in [-0.4, -0.2) is 29.9 Å². The van der Waals surface area contributed by atoms with Crippen molar-refractivity contribution in [1.82, 2.24) is 0 Å². The molecule has 9 heteroatoms. The molecule has 0 amide bonds. The largest absolute Gasteiger partial charge is 0.416 e. The van der Waals surface area contributed by atoms with Crippen molar-refractivity contribution >= 4 is 23.0 Å². The molecule has 2 aromatic rings. The molecule has 0 saturated heterocycles. The van der Waals surface area contributed by atoms with Crippen LogP contribution in [0.1, 0.15) is 10.4 Å². The van der Waals surface area contributed by atoms with Crippen LogP contribution in [-0.2, 0) is 0 Å². The van der Waals surface area contributed by atoms with Gasteiger partial charge in [-0.1, -0.05) is 0 Å². The Morgan fingerprint density at radius 2 is 1.62 bits per heavy atom. The second-order valence-corrected chi connectivity index (χ2v) is 5.00. The maximum atomic E-state index is 12.1. The van der Waals surface area contributed by atoms with Crippen LogP contribution in [0.15, 0.2) is 42.5 Å². The number of rotatable bonds is 5. The van der Waals surface area contributed by atoms with Gasteiger partial charge in [0.15, 0.2) is 0 Å². The fourth-order valence-electron chi connectivity index (χ4n) is 1.90. The number of ether oxygens (including phenoxy) is 1. The van der Waals surface area contributed by atoms with Crippen molar-refractivity contribution in [1.29, 1.82) is 0 Å². The van der Waals surface area contributed by atoms with Gasteiger partial charge in [-0.25, -0.2) is 4.79 Å². The number of benzene rings is 2. The summed E-state index contributed by atoms with van der Waals surface area (Å²) in [6.45, 7) is 0. The van der Waals surface area contributed by atoms with Crippen LogP contribution >= 0.6 is 0 Å². The standard InChI is InChI=1S/C15H13N3O6/c1-16(2)11-5-3-10(4-6-11)15(19)24-14-8-7-12(17(20)21)9-13(14)18(22)23/h3-9H,1-2H3. The van der Waals surface area contributed by atoms with Gasteiger partial charge in [0.05, 0.1) is 21.5 Å². The smallest absolute Gasteiger partial charge is 0.343 e. The summed E-state index contributed by atoms with van der Waals surface area (Å²) >= 11 is 0. The Labute approximate surface area is 136 Å². The Balaban J connectivity index is 2.28. The third kappa shape index (κ3) is 3.64. The fourth-order valence-corrected chi connectivity index (χ4v) is 1.90. The van der Waals surface area contributed by atoms with Crippen molar-refractivity contribution < 1.29 is 19.4 Å². The molecule has 0 atom stereocenters. The predicted octanol–water partition coefficient (Wildman–Crippen LogP) is 2.79. The van der Waals surface area contributed by atoms with Crippen molar-refractivity contribution in [2.45, 2.75) is 0 Å². The number of anilines is 1. The molecule has 2 rings (SSSR count). The summed E-state index contributed by atoms with van der Waals surface area (Å²) in [7, 11) is 3.68. The number of hydrogen-bond donors (Lipinski definition) is 0. The Hall–Kier alpha value is -3.49. The summed E-state index contributed by atoms with van der Waals surface area (Å²) in [6.07, 6.45) is 0. The van der Waals surface area contributed by atoms with Gasteiger partial charge in [0.2, 0.25) is 5.75 Å². The molecular weight excluding hydrogens is 318 g/mol. The molecule has 0 aliphatic carbocycles. The summed E-state index contributed by atoms with van der Waals surface area (Å²) < 4.78 is 5.01. The normalized spacial score (nSPS) is 10.1. The van der Waals surface area contributed by atoms with E-state index >= 15 is 0 Å². The highest BCUT2D eigenvalue weighted by Gasteiger charge is 2.23. The predicted molar refractivity (Wildman–Crippen MR) is 85.5 cm³/mol. The van der Waals surface area contributed by atoms with E-state index in [-0.39, 0.29) is 11.3 Å². The van der Waals surface area contributed by atoms with Gasteiger partial charge in [0, 0.05) is 25.8 Å². The molecule has 0 bridgehead atoms. The number of carbonyl (C=O) groups is 1. The third-order valence-electron chi connectivity index (χ3n) is 3.17. The second-order valence-electron chi connectivity index (χ2n) is 5.00. The molecule has 24 heavy (non-hydrogen) atoms. The second kappa shape index (κ2) is 6.73. The minimum absolute atomic E-state index is 0.202. The Morgan fingerprint density at radius 1 is 1.00 bits per heavy atom. The van der Waals surface area contributed by atoms with Crippen LogP contribution < -0.4 is 9.64 Å². The van der Waals surface area contributed by atoms with E-state index in [1.54, 1.807) is 12.1 Å². The van der Waals surface area contributed by atoms with Gasteiger partial charge in [0.25, 0.3) is 5.69 Å². The number of carbonyl (C=O) groups excluding carboxylic acids is 1. The summed E-state index contributed by atoms with van der Waals surface area (Å²) in [5, 5.41) is 21.7. The van der Waals surface area contributed by atoms with Crippen LogP contribution in [0.4, 0.5) is 17.1 Å². The van der Waals surface area contributed by atoms with Gasteiger partial charge >= 0.3 is 11.7 Å². The molecule has 0 unspecified atom stereocenters. The molecule has 2 aromatic carbocycles. The van der Waals surface area contributed by atoms with Crippen molar-refractivity contribution in [3.8, 4) is 5.75 Å². The molecule has 0 aliphatic heterocycles. The van der Waals surface area contributed by atoms with E-state index in [2.05, 4.69) is 0 Å². The molecule has 0 heterocycles. The van der Waals surface area contributed by atoms with E-state index in [9.17, 15) is 25.0 Å². The van der Waals surface area contributed by atoms with Crippen LogP contribution in [0.5, 0.6) is 5.75 Å². The number of hydrogen-bond acceptors (Lipinski definition) is 7. The molecular formula is C15H13N3O6. The highest BCUT2D eigenvalue weighted by Crippen LogP contribution is 2.31. The molecule has 0 aromatic heterocycles. The van der Waals surface area contributed by atoms with E-state index in [1.807, 2.05) is 19.0 Å². The van der Waals surface area contributed by atoms with E-state index in [0.29, 0.717) is 0 Å². The highest BCUT2D eigenvalue weighted by atomic mass is 16.6. The summed E-state index contributed by atoms with van der Waals surface area (Å²) in [5.41, 5.74) is -0.0413. The van der Waals surface area contributed by atoms with Gasteiger partial charge in [0.1, 0.15) is 0 Å². The lowest BCUT2D eigenvalue weighted by Crippen LogP contribution is -2.11. The lowest BCUT2D eigenvalue weighted by atomic mass is 10.2. The van der Waals surface area contributed by atoms with Gasteiger partial charge in [-0.05, 0) is 30.3 Å². The maximum Gasteiger partial charge on any atom is 0.343 e. The van der Waals surface area contributed by atoms with Crippen molar-refractivity contribution in [3.63, 3.8) is 0 Å². The van der Waals surface area contributed by atoms with E-state index < -0.39 is 27.2 Å². The molecule has 124 valence electrons. The van der Waals surface area contributed by atoms with Gasteiger partial charge < -0.3 is 9.64 Å². The van der Waals surface area contributed by atoms with Gasteiger partial charge in [-0.2, -0.15) is 0 Å². The first-order valence-electron chi connectivity index (χ1n) is 6.72. The van der Waals surface area contributed by atoms with Crippen molar-refractivity contribution in [2.75, 3.05) is 19.0 Å². The lowest BCUT2D eigenvalue weighted by Gasteiger charge is -2.12. The summed E-state index contributed by atoms with van der Waals surface area (Å²) in [4.78, 5) is 34.0. The molecule has 0 radical (unpaired) electrons. The Kier molecular flexibility index (Phi) is 4.73. The Bertz CT molecular complexity index is 801. The zero-order valence-corrected chi connectivity index (χ0v) is 12.8. The first kappa shape index (κ1) is 16.9. The molecule has 0 saturated carbocycles. The van der Waals surface area contributed by atoms with Gasteiger partial charge in [-0.3, -0.25) is 20.2 Å². The molecule has 9 nitrogen and oxygen atoms in total. The minimum atomic E-state index is -0.843. The molecule has 0 fully saturated rings. The quantitative estimate of drug-likeness (QED) is 0.358. The number of non-ortho nitro benzene ring substituents is 1. The average molecular weight is 331 g/mol. The number of nitro groups is 2. The van der Waals surface area contributed by atoms with Crippen LogP contribution in [0, 0.1) is 20.2 Å². The molecule has 0 aliphatic rings. The monoisotopic (exact) mass is 331 g/mol. The summed E-state index contributed by atoms with van der Waals surface area (Å²) in [5.74, 6) is -1.15. The van der Waals surface area contributed by atoms with E-state index in [4.69, 9.17) is 4.74 Å². The number of nitrogens with zero attached hydrogens (tertiary/aromatic N) is 3. The Morgan fingerprint density at radius 3 is 2.12 bits per heavy atom. The van der Waals surface area contributed by atoms with Gasteiger partial charge in [-0.15, -0.1) is 0 Å².